The van der Waals surface area contributed by atoms with Crippen molar-refractivity contribution in [3.63, 3.8) is 0 Å². The summed E-state index contributed by atoms with van der Waals surface area (Å²) in [5, 5.41) is 16.3. The van der Waals surface area contributed by atoms with E-state index in [1.165, 1.54) is 0 Å². The van der Waals surface area contributed by atoms with Gasteiger partial charge in [0.2, 0.25) is 0 Å². The number of Topliss-reactive ketones (excluding diaryl/α,β-unsaturated/α-hetero) is 1. The van der Waals surface area contributed by atoms with Gasteiger partial charge in [-0.15, -0.1) is 11.3 Å². The van der Waals surface area contributed by atoms with Crippen molar-refractivity contribution in [1.82, 2.24) is 10.5 Å². The summed E-state index contributed by atoms with van der Waals surface area (Å²) in [6.07, 6.45) is 3.16. The lowest BCUT2D eigenvalue weighted by Gasteiger charge is -2.21. The first-order valence-electron chi connectivity index (χ1n) is 12.0. The number of alkyl carbamates (subject to hydrolysis) is 1. The second kappa shape index (κ2) is 11.9. The van der Waals surface area contributed by atoms with Gasteiger partial charge in [-0.25, -0.2) is 4.79 Å². The predicted octanol–water partition coefficient (Wildman–Crippen LogP) is 4.70. The van der Waals surface area contributed by atoms with E-state index >= 15 is 0 Å². The molecule has 1 aliphatic rings. The Kier molecular flexibility index (Phi) is 8.39. The number of nitriles is 1. The number of carbonyl (C=O) groups excluding carboxylic acids is 2. The molecular weight excluding hydrogens is 478 g/mol. The van der Waals surface area contributed by atoms with Crippen LogP contribution in [0.25, 0.3) is 0 Å². The summed E-state index contributed by atoms with van der Waals surface area (Å²) in [4.78, 5) is 26.8. The highest BCUT2D eigenvalue weighted by molar-refractivity contribution is 7.12. The molecule has 1 aromatic carbocycles. The smallest absolute Gasteiger partial charge is 0.407 e. The summed E-state index contributed by atoms with van der Waals surface area (Å²) in [6, 6.07) is 11.8. The molecule has 1 unspecified atom stereocenters. The number of methoxy groups -OCH3 is 1. The zero-order chi connectivity index (χ0) is 25.5. The molecule has 0 saturated carbocycles. The Hall–Kier alpha value is -3.64. The van der Waals surface area contributed by atoms with Crippen molar-refractivity contribution in [3.05, 3.63) is 68.2 Å². The third-order valence-electron chi connectivity index (χ3n) is 6.28. The number of rotatable bonds is 10. The Morgan fingerprint density at radius 2 is 2.19 bits per heavy atom. The predicted molar refractivity (Wildman–Crippen MR) is 134 cm³/mol. The number of ether oxygens (including phenoxy) is 2. The number of carbonyl (C=O) groups is 2. The summed E-state index contributed by atoms with van der Waals surface area (Å²) >= 11 is 1.55. The van der Waals surface area contributed by atoms with Crippen LogP contribution in [0.1, 0.15) is 50.7 Å². The molecule has 1 amide bonds. The maximum atomic E-state index is 12.7. The fourth-order valence-electron chi connectivity index (χ4n) is 4.40. The molecule has 4 rings (SSSR count). The number of hydrogen-bond donors (Lipinski definition) is 1. The average molecular weight is 508 g/mol. The third kappa shape index (κ3) is 6.52. The number of hydrogen-bond acceptors (Lipinski definition) is 8. The molecule has 0 radical (unpaired) electrons. The topological polar surface area (TPSA) is 114 Å². The molecule has 9 heteroatoms. The summed E-state index contributed by atoms with van der Waals surface area (Å²) in [7, 11) is 1.62. The van der Waals surface area contributed by atoms with Gasteiger partial charge in [-0.05, 0) is 61.8 Å². The molecule has 2 aromatic heterocycles. The van der Waals surface area contributed by atoms with Crippen LogP contribution in [0.5, 0.6) is 5.75 Å². The molecule has 1 N–H and O–H groups in total. The van der Waals surface area contributed by atoms with Crippen molar-refractivity contribution < 1.29 is 23.6 Å². The van der Waals surface area contributed by atoms with Crippen molar-refractivity contribution in [2.75, 3.05) is 13.7 Å². The van der Waals surface area contributed by atoms with Crippen LogP contribution < -0.4 is 10.1 Å². The molecule has 2 heterocycles. The van der Waals surface area contributed by atoms with Gasteiger partial charge >= 0.3 is 6.09 Å². The van der Waals surface area contributed by atoms with Crippen molar-refractivity contribution in [2.24, 2.45) is 5.92 Å². The molecule has 3 aromatic rings. The van der Waals surface area contributed by atoms with E-state index in [4.69, 9.17) is 14.0 Å². The number of fused-ring (bicyclic) bond motifs is 1. The monoisotopic (exact) mass is 507 g/mol. The van der Waals surface area contributed by atoms with Crippen LogP contribution in [-0.4, -0.2) is 30.7 Å². The molecule has 0 aliphatic heterocycles. The van der Waals surface area contributed by atoms with Gasteiger partial charge in [0.05, 0.1) is 25.8 Å². The minimum absolute atomic E-state index is 0.117. The Bertz CT molecular complexity index is 1270. The number of amides is 1. The van der Waals surface area contributed by atoms with Gasteiger partial charge < -0.3 is 19.3 Å². The van der Waals surface area contributed by atoms with Gasteiger partial charge in [0.1, 0.15) is 29.1 Å². The highest BCUT2D eigenvalue weighted by Gasteiger charge is 2.27. The lowest BCUT2D eigenvalue weighted by Crippen LogP contribution is -2.27. The van der Waals surface area contributed by atoms with E-state index in [0.717, 1.165) is 45.9 Å². The first-order valence-corrected chi connectivity index (χ1v) is 12.8. The first-order chi connectivity index (χ1) is 17.4. The van der Waals surface area contributed by atoms with Crippen molar-refractivity contribution in [3.8, 4) is 11.8 Å². The SMILES string of the molecule is COc1cccc(CCC(=O)Cc2sc3c(c2C#N)CCC(COC(=O)NCc2cc(C)on2)C3)c1. The zero-order valence-corrected chi connectivity index (χ0v) is 21.3. The van der Waals surface area contributed by atoms with Crippen LogP contribution in [0.3, 0.4) is 0 Å². The van der Waals surface area contributed by atoms with Crippen LogP contribution in [0.15, 0.2) is 34.9 Å². The summed E-state index contributed by atoms with van der Waals surface area (Å²) in [5.41, 5.74) is 3.40. The molecule has 0 spiro atoms. The second-order valence-corrected chi connectivity index (χ2v) is 10.2. The number of thiophene rings is 1. The van der Waals surface area contributed by atoms with Crippen LogP contribution in [0.2, 0.25) is 0 Å². The van der Waals surface area contributed by atoms with Crippen molar-refractivity contribution in [1.29, 1.82) is 5.26 Å². The van der Waals surface area contributed by atoms with Gasteiger partial charge in [0.25, 0.3) is 0 Å². The van der Waals surface area contributed by atoms with E-state index in [2.05, 4.69) is 16.5 Å². The minimum Gasteiger partial charge on any atom is -0.497 e. The lowest BCUT2D eigenvalue weighted by molar-refractivity contribution is -0.118. The van der Waals surface area contributed by atoms with Crippen LogP contribution in [0.4, 0.5) is 4.79 Å². The molecule has 188 valence electrons. The molecule has 0 saturated heterocycles. The zero-order valence-electron chi connectivity index (χ0n) is 20.5. The van der Waals surface area contributed by atoms with Crippen LogP contribution >= 0.6 is 11.3 Å². The van der Waals surface area contributed by atoms with E-state index in [1.807, 2.05) is 24.3 Å². The maximum absolute atomic E-state index is 12.7. The third-order valence-corrected chi connectivity index (χ3v) is 7.53. The van der Waals surface area contributed by atoms with Gasteiger partial charge in [-0.2, -0.15) is 5.26 Å². The molecule has 0 fully saturated rings. The van der Waals surface area contributed by atoms with E-state index in [1.54, 1.807) is 31.4 Å². The van der Waals surface area contributed by atoms with Gasteiger partial charge in [-0.3, -0.25) is 4.79 Å². The van der Waals surface area contributed by atoms with Gasteiger partial charge in [0.15, 0.2) is 0 Å². The van der Waals surface area contributed by atoms with Gasteiger partial charge in [0, 0.05) is 28.7 Å². The number of aromatic nitrogens is 1. The summed E-state index contributed by atoms with van der Waals surface area (Å²) in [5.74, 6) is 1.76. The minimum atomic E-state index is -0.493. The second-order valence-electron chi connectivity index (χ2n) is 8.97. The Labute approximate surface area is 214 Å². The lowest BCUT2D eigenvalue weighted by atomic mass is 9.87. The molecule has 36 heavy (non-hydrogen) atoms. The quantitative estimate of drug-likeness (QED) is 0.423. The Balaban J connectivity index is 1.28. The van der Waals surface area contributed by atoms with Gasteiger partial charge in [-0.1, -0.05) is 17.3 Å². The van der Waals surface area contributed by atoms with E-state index in [-0.39, 0.29) is 24.7 Å². The highest BCUT2D eigenvalue weighted by atomic mass is 32.1. The Morgan fingerprint density at radius 1 is 1.33 bits per heavy atom. The van der Waals surface area contributed by atoms with Crippen molar-refractivity contribution >= 4 is 23.2 Å². The molecule has 1 atom stereocenters. The van der Waals surface area contributed by atoms with Crippen molar-refractivity contribution in [2.45, 2.75) is 52.0 Å². The average Bonchev–Trinajstić information content (AvgIpc) is 3.46. The largest absolute Gasteiger partial charge is 0.497 e. The fourth-order valence-corrected chi connectivity index (χ4v) is 5.84. The number of aryl methyl sites for hydroxylation is 2. The maximum Gasteiger partial charge on any atom is 0.407 e. The van der Waals surface area contributed by atoms with E-state index in [0.29, 0.717) is 36.5 Å². The number of ketones is 1. The molecular formula is C27H29N3O5S. The fraction of sp³-hybridized carbons (Fsp3) is 0.407. The first kappa shape index (κ1) is 25.5. The molecule has 1 aliphatic carbocycles. The van der Waals surface area contributed by atoms with E-state index < -0.39 is 6.09 Å². The normalized spacial score (nSPS) is 14.5. The number of nitrogens with one attached hydrogen (secondary N) is 1. The summed E-state index contributed by atoms with van der Waals surface area (Å²) in [6.45, 7) is 2.34. The van der Waals surface area contributed by atoms with Crippen LogP contribution in [0, 0.1) is 24.2 Å². The highest BCUT2D eigenvalue weighted by Crippen LogP contribution is 2.37. The summed E-state index contributed by atoms with van der Waals surface area (Å²) < 4.78 is 15.6. The number of nitrogens with zero attached hydrogens (tertiary/aromatic N) is 2. The Morgan fingerprint density at radius 3 is 2.94 bits per heavy atom. The molecule has 8 nitrogen and oxygen atoms in total. The molecule has 0 bridgehead atoms. The number of benzene rings is 1. The van der Waals surface area contributed by atoms with Crippen LogP contribution in [-0.2, 0) is 41.8 Å². The van der Waals surface area contributed by atoms with E-state index in [9.17, 15) is 14.9 Å². The standard InChI is InChI=1S/C27H29N3O5S/c1-17-10-20(30-35-17)15-29-27(32)34-16-19-7-9-23-24(14-28)26(36-25(23)12-19)13-21(31)8-6-18-4-3-5-22(11-18)33-2/h3-5,10-11,19H,6-9,12-13,15-16H2,1-2H3,(H,29,32).